The normalized spacial score (nSPS) is 17.8. The zero-order chi connectivity index (χ0) is 18.3. The van der Waals surface area contributed by atoms with Crippen LogP contribution in [0.25, 0.3) is 5.65 Å². The van der Waals surface area contributed by atoms with Crippen molar-refractivity contribution >= 4 is 11.6 Å². The van der Waals surface area contributed by atoms with Crippen LogP contribution in [0.3, 0.4) is 0 Å². The van der Waals surface area contributed by atoms with Crippen LogP contribution in [-0.4, -0.2) is 37.1 Å². The summed E-state index contributed by atoms with van der Waals surface area (Å²) in [7, 11) is 0. The van der Waals surface area contributed by atoms with Crippen LogP contribution in [0.2, 0.25) is 0 Å². The van der Waals surface area contributed by atoms with E-state index in [1.54, 1.807) is 13.1 Å². The maximum atomic E-state index is 13.3. The second kappa shape index (κ2) is 6.55. The Morgan fingerprint density at radius 2 is 2.19 bits per heavy atom. The highest BCUT2D eigenvalue weighted by molar-refractivity contribution is 5.96. The van der Waals surface area contributed by atoms with Gasteiger partial charge in [-0.25, -0.2) is 9.50 Å². The number of aromatic nitrogens is 4. The van der Waals surface area contributed by atoms with Gasteiger partial charge in [-0.15, -0.1) is 0 Å². The van der Waals surface area contributed by atoms with Gasteiger partial charge < -0.3 is 9.42 Å². The van der Waals surface area contributed by atoms with E-state index in [2.05, 4.69) is 10.3 Å². The molecule has 0 N–H and O–H groups in total. The molecule has 1 aliphatic heterocycles. The lowest BCUT2D eigenvalue weighted by Gasteiger charge is -2.35. The van der Waals surface area contributed by atoms with Crippen LogP contribution in [0.1, 0.15) is 65.4 Å². The number of fused-ring (bicyclic) bond motifs is 1. The van der Waals surface area contributed by atoms with Gasteiger partial charge >= 0.3 is 0 Å². The standard InChI is InChI=1S/C19H23N5O2/c1-4-14-18(13(3)26-22-14)19(25)23-10-6-5-7-16(23)15-11-12(2)24-17(21-15)8-9-20-24/h8-9,11,16H,4-7,10H2,1-3H3. The summed E-state index contributed by atoms with van der Waals surface area (Å²) in [6.07, 6.45) is 5.42. The van der Waals surface area contributed by atoms with Crippen molar-refractivity contribution < 1.29 is 9.32 Å². The summed E-state index contributed by atoms with van der Waals surface area (Å²) < 4.78 is 7.10. The molecule has 0 aromatic carbocycles. The largest absolute Gasteiger partial charge is 0.361 e. The first-order valence-electron chi connectivity index (χ1n) is 9.17. The highest BCUT2D eigenvalue weighted by atomic mass is 16.5. The van der Waals surface area contributed by atoms with Crippen LogP contribution in [-0.2, 0) is 6.42 Å². The summed E-state index contributed by atoms with van der Waals surface area (Å²) in [5, 5.41) is 8.33. The minimum Gasteiger partial charge on any atom is -0.361 e. The van der Waals surface area contributed by atoms with Crippen LogP contribution in [0.15, 0.2) is 22.9 Å². The molecule has 1 aliphatic rings. The Hall–Kier alpha value is -2.70. The van der Waals surface area contributed by atoms with Crippen molar-refractivity contribution in [2.24, 2.45) is 0 Å². The zero-order valence-electron chi connectivity index (χ0n) is 15.4. The number of carbonyl (C=O) groups excluding carboxylic acids is 1. The quantitative estimate of drug-likeness (QED) is 0.722. The minimum atomic E-state index is -0.0335. The Balaban J connectivity index is 1.74. The average molecular weight is 353 g/mol. The molecule has 7 nitrogen and oxygen atoms in total. The molecule has 0 saturated carbocycles. The number of hydrogen-bond acceptors (Lipinski definition) is 5. The Labute approximate surface area is 152 Å². The Kier molecular flexibility index (Phi) is 4.22. The maximum absolute atomic E-state index is 13.3. The summed E-state index contributed by atoms with van der Waals surface area (Å²) in [5.74, 6) is 0.588. The van der Waals surface area contributed by atoms with Crippen molar-refractivity contribution in [1.29, 1.82) is 0 Å². The predicted octanol–water partition coefficient (Wildman–Crippen LogP) is 3.26. The van der Waals surface area contributed by atoms with E-state index >= 15 is 0 Å². The van der Waals surface area contributed by atoms with E-state index in [-0.39, 0.29) is 11.9 Å². The molecule has 1 unspecified atom stereocenters. The van der Waals surface area contributed by atoms with E-state index < -0.39 is 0 Å². The fraction of sp³-hybridized carbons (Fsp3) is 0.474. The fourth-order valence-electron chi connectivity index (χ4n) is 3.82. The number of rotatable bonds is 3. The molecule has 0 radical (unpaired) electrons. The molecule has 1 saturated heterocycles. The third-order valence-corrected chi connectivity index (χ3v) is 5.14. The lowest BCUT2D eigenvalue weighted by atomic mass is 9.97. The van der Waals surface area contributed by atoms with Crippen molar-refractivity contribution in [2.75, 3.05) is 6.54 Å². The van der Waals surface area contributed by atoms with Crippen LogP contribution >= 0.6 is 0 Å². The van der Waals surface area contributed by atoms with Gasteiger partial charge in [-0.2, -0.15) is 5.10 Å². The van der Waals surface area contributed by atoms with E-state index in [9.17, 15) is 4.79 Å². The summed E-state index contributed by atoms with van der Waals surface area (Å²) in [5.41, 5.74) is 4.10. The van der Waals surface area contributed by atoms with E-state index in [4.69, 9.17) is 9.51 Å². The third kappa shape index (κ3) is 2.67. The molecule has 0 bridgehead atoms. The molecule has 3 aromatic heterocycles. The lowest BCUT2D eigenvalue weighted by molar-refractivity contribution is 0.0603. The van der Waals surface area contributed by atoms with E-state index in [1.165, 1.54) is 0 Å². The molecule has 4 heterocycles. The van der Waals surface area contributed by atoms with Crippen molar-refractivity contribution in [3.05, 3.63) is 46.7 Å². The lowest BCUT2D eigenvalue weighted by Crippen LogP contribution is -2.39. The van der Waals surface area contributed by atoms with Gasteiger partial charge in [0.05, 0.1) is 23.6 Å². The first-order valence-corrected chi connectivity index (χ1v) is 9.17. The van der Waals surface area contributed by atoms with Crippen LogP contribution in [0.5, 0.6) is 0 Å². The molecule has 0 spiro atoms. The number of amides is 1. The maximum Gasteiger partial charge on any atom is 0.259 e. The second-order valence-corrected chi connectivity index (χ2v) is 6.85. The highest BCUT2D eigenvalue weighted by Crippen LogP contribution is 2.33. The predicted molar refractivity (Wildman–Crippen MR) is 96.0 cm³/mol. The van der Waals surface area contributed by atoms with Crippen molar-refractivity contribution in [3.63, 3.8) is 0 Å². The van der Waals surface area contributed by atoms with E-state index in [1.807, 2.05) is 35.4 Å². The van der Waals surface area contributed by atoms with Crippen molar-refractivity contribution in [2.45, 2.75) is 52.5 Å². The molecule has 1 atom stereocenters. The minimum absolute atomic E-state index is 0.00173. The summed E-state index contributed by atoms with van der Waals surface area (Å²) >= 11 is 0. The Bertz CT molecular complexity index is 958. The smallest absolute Gasteiger partial charge is 0.259 e. The van der Waals surface area contributed by atoms with Crippen LogP contribution in [0, 0.1) is 13.8 Å². The summed E-state index contributed by atoms with van der Waals surface area (Å²) in [6.45, 7) is 6.53. The molecule has 1 amide bonds. The van der Waals surface area contributed by atoms with Crippen molar-refractivity contribution in [1.82, 2.24) is 24.7 Å². The fourth-order valence-corrected chi connectivity index (χ4v) is 3.82. The summed E-state index contributed by atoms with van der Waals surface area (Å²) in [4.78, 5) is 20.0. The zero-order valence-corrected chi connectivity index (χ0v) is 15.4. The van der Waals surface area contributed by atoms with E-state index in [0.717, 1.165) is 48.5 Å². The SMILES string of the molecule is CCc1noc(C)c1C(=O)N1CCCCC1c1cc(C)n2nccc2n1. The van der Waals surface area contributed by atoms with Gasteiger partial charge in [-0.1, -0.05) is 12.1 Å². The van der Waals surface area contributed by atoms with Gasteiger partial charge in [0.2, 0.25) is 0 Å². The number of piperidine rings is 1. The molecular formula is C19H23N5O2. The Morgan fingerprint density at radius 3 is 3.00 bits per heavy atom. The molecule has 26 heavy (non-hydrogen) atoms. The van der Waals surface area contributed by atoms with E-state index in [0.29, 0.717) is 17.7 Å². The molecule has 3 aromatic rings. The Morgan fingerprint density at radius 1 is 1.35 bits per heavy atom. The first kappa shape index (κ1) is 16.8. The van der Waals surface area contributed by atoms with Gasteiger partial charge in [-0.05, 0) is 45.6 Å². The van der Waals surface area contributed by atoms with Gasteiger partial charge in [0, 0.05) is 18.3 Å². The summed E-state index contributed by atoms with van der Waals surface area (Å²) in [6, 6.07) is 3.90. The van der Waals surface area contributed by atoms with Gasteiger partial charge in [0.15, 0.2) is 5.65 Å². The highest BCUT2D eigenvalue weighted by Gasteiger charge is 2.33. The topological polar surface area (TPSA) is 76.5 Å². The molecule has 4 rings (SSSR count). The molecule has 136 valence electrons. The number of nitrogens with zero attached hydrogens (tertiary/aromatic N) is 5. The van der Waals surface area contributed by atoms with Gasteiger partial charge in [0.1, 0.15) is 11.3 Å². The van der Waals surface area contributed by atoms with Gasteiger partial charge in [0.25, 0.3) is 5.91 Å². The molecule has 7 heteroatoms. The number of hydrogen-bond donors (Lipinski definition) is 0. The van der Waals surface area contributed by atoms with Crippen molar-refractivity contribution in [3.8, 4) is 0 Å². The van der Waals surface area contributed by atoms with Crippen LogP contribution in [0.4, 0.5) is 0 Å². The number of aryl methyl sites for hydroxylation is 3. The second-order valence-electron chi connectivity index (χ2n) is 6.85. The molecular weight excluding hydrogens is 330 g/mol. The first-order chi connectivity index (χ1) is 12.6. The molecule has 0 aliphatic carbocycles. The van der Waals surface area contributed by atoms with Crippen LogP contribution < -0.4 is 0 Å². The monoisotopic (exact) mass is 353 g/mol. The number of carbonyl (C=O) groups is 1. The third-order valence-electron chi connectivity index (χ3n) is 5.14. The van der Waals surface area contributed by atoms with Gasteiger partial charge in [-0.3, -0.25) is 4.79 Å². The number of likely N-dealkylation sites (tertiary alicyclic amines) is 1. The molecule has 1 fully saturated rings. The average Bonchev–Trinajstić information content (AvgIpc) is 3.27.